The van der Waals surface area contributed by atoms with E-state index in [9.17, 15) is 23.5 Å². The molecule has 2 N–H and O–H groups in total. The SMILES string of the molecule is [B]C(O)(Oc1cc(C)n(-c2cc(C(=O)O)ncc2C)c(=O)c1Cl)c1ncc(F)cc1F. The van der Waals surface area contributed by atoms with Gasteiger partial charge in [-0.15, -0.1) is 0 Å². The van der Waals surface area contributed by atoms with Crippen molar-refractivity contribution < 1.29 is 28.5 Å². The van der Waals surface area contributed by atoms with Gasteiger partial charge in [0.25, 0.3) is 5.56 Å². The summed E-state index contributed by atoms with van der Waals surface area (Å²) in [4.78, 5) is 31.3. The molecular formula is C19H13BClF2N3O5. The molecule has 3 aromatic heterocycles. The summed E-state index contributed by atoms with van der Waals surface area (Å²) < 4.78 is 33.3. The van der Waals surface area contributed by atoms with E-state index in [-0.39, 0.29) is 17.1 Å². The minimum absolute atomic E-state index is 0.206. The van der Waals surface area contributed by atoms with E-state index in [1.807, 2.05) is 0 Å². The standard InChI is InChI=1S/C19H13BClF2N3O5/c1-8-6-24-12(18(28)29)5-13(8)26-9(2)3-14(15(21)17(26)27)31-19(20,30)16-11(23)4-10(22)7-25-16/h3-7,30H,1-2H3,(H,28,29). The molecule has 158 valence electrons. The van der Waals surface area contributed by atoms with E-state index >= 15 is 0 Å². The van der Waals surface area contributed by atoms with E-state index in [2.05, 4.69) is 9.97 Å². The fourth-order valence-electron chi connectivity index (χ4n) is 2.82. The van der Waals surface area contributed by atoms with Crippen molar-refractivity contribution in [3.63, 3.8) is 0 Å². The number of nitrogens with zero attached hydrogens (tertiary/aromatic N) is 3. The van der Waals surface area contributed by atoms with Gasteiger partial charge in [0.15, 0.2) is 13.7 Å². The van der Waals surface area contributed by atoms with E-state index in [1.165, 1.54) is 25.3 Å². The van der Waals surface area contributed by atoms with Crippen LogP contribution in [0.5, 0.6) is 5.75 Å². The zero-order valence-electron chi connectivity index (χ0n) is 16.1. The molecule has 0 aliphatic rings. The fourth-order valence-corrected chi connectivity index (χ4v) is 3.00. The molecule has 3 aromatic rings. The molecule has 0 spiro atoms. The van der Waals surface area contributed by atoms with Gasteiger partial charge >= 0.3 is 5.97 Å². The van der Waals surface area contributed by atoms with Crippen LogP contribution >= 0.6 is 11.6 Å². The first-order valence-electron chi connectivity index (χ1n) is 8.56. The highest BCUT2D eigenvalue weighted by molar-refractivity contribution is 6.32. The van der Waals surface area contributed by atoms with Crippen LogP contribution in [-0.4, -0.2) is 38.6 Å². The molecule has 0 bridgehead atoms. The molecule has 0 saturated heterocycles. The monoisotopic (exact) mass is 447 g/mol. The Hall–Kier alpha value is -3.31. The van der Waals surface area contributed by atoms with Crippen molar-refractivity contribution >= 4 is 25.4 Å². The largest absolute Gasteiger partial charge is 0.477 e. The molecule has 31 heavy (non-hydrogen) atoms. The summed E-state index contributed by atoms with van der Waals surface area (Å²) in [6, 6.07) is 2.86. The van der Waals surface area contributed by atoms with Crippen LogP contribution < -0.4 is 10.3 Å². The summed E-state index contributed by atoms with van der Waals surface area (Å²) in [6.45, 7) is 3.09. The highest BCUT2D eigenvalue weighted by Gasteiger charge is 2.32. The van der Waals surface area contributed by atoms with Crippen LogP contribution in [0.4, 0.5) is 8.78 Å². The van der Waals surface area contributed by atoms with Gasteiger partial charge in [-0.2, -0.15) is 0 Å². The first-order valence-corrected chi connectivity index (χ1v) is 8.94. The number of halogens is 3. The molecule has 8 nitrogen and oxygen atoms in total. The van der Waals surface area contributed by atoms with Gasteiger partial charge in [-0.05, 0) is 25.5 Å². The normalized spacial score (nSPS) is 13.0. The summed E-state index contributed by atoms with van der Waals surface area (Å²) in [5.74, 6) is -3.97. The molecule has 3 rings (SSSR count). The zero-order chi connectivity index (χ0) is 23.1. The molecule has 0 amide bonds. The lowest BCUT2D eigenvalue weighted by atomic mass is 9.90. The maximum atomic E-state index is 14.0. The van der Waals surface area contributed by atoms with E-state index in [1.54, 1.807) is 6.92 Å². The van der Waals surface area contributed by atoms with Gasteiger partial charge < -0.3 is 14.9 Å². The van der Waals surface area contributed by atoms with E-state index in [4.69, 9.17) is 29.3 Å². The Balaban J connectivity index is 2.10. The van der Waals surface area contributed by atoms with Crippen LogP contribution in [0.3, 0.4) is 0 Å². The Bertz CT molecular complexity index is 1270. The number of carbonyl (C=O) groups is 1. The second kappa shape index (κ2) is 8.08. The van der Waals surface area contributed by atoms with Gasteiger partial charge in [0.1, 0.15) is 28.0 Å². The first-order chi connectivity index (χ1) is 14.4. The quantitative estimate of drug-likeness (QED) is 0.455. The predicted octanol–water partition coefficient (Wildman–Crippen LogP) is 2.22. The van der Waals surface area contributed by atoms with Crippen LogP contribution in [0.1, 0.15) is 27.4 Å². The Morgan fingerprint density at radius 2 is 1.90 bits per heavy atom. The lowest BCUT2D eigenvalue weighted by molar-refractivity contribution is -0.0736. The molecule has 0 fully saturated rings. The highest BCUT2D eigenvalue weighted by atomic mass is 35.5. The number of rotatable bonds is 5. The number of pyridine rings is 3. The topological polar surface area (TPSA) is 115 Å². The number of aryl methyl sites for hydroxylation is 2. The lowest BCUT2D eigenvalue weighted by Crippen LogP contribution is -2.36. The Morgan fingerprint density at radius 1 is 1.23 bits per heavy atom. The number of aromatic carboxylic acids is 1. The molecular weight excluding hydrogens is 434 g/mol. The first kappa shape index (κ1) is 22.4. The highest BCUT2D eigenvalue weighted by Crippen LogP contribution is 2.30. The third-order valence-electron chi connectivity index (χ3n) is 4.25. The van der Waals surface area contributed by atoms with Crippen molar-refractivity contribution in [3.8, 4) is 11.4 Å². The molecule has 0 aliphatic heterocycles. The third-order valence-corrected chi connectivity index (χ3v) is 4.60. The average molecular weight is 448 g/mol. The molecule has 1 unspecified atom stereocenters. The van der Waals surface area contributed by atoms with Crippen molar-refractivity contribution in [3.05, 3.63) is 80.2 Å². The minimum atomic E-state index is -2.88. The van der Waals surface area contributed by atoms with E-state index < -0.39 is 45.3 Å². The number of aliphatic hydroxyl groups is 1. The molecule has 1 atom stereocenters. The third kappa shape index (κ3) is 4.28. The number of carboxylic acids is 1. The molecule has 0 aliphatic carbocycles. The number of ether oxygens (including phenoxy) is 1. The maximum absolute atomic E-state index is 14.0. The Labute approximate surface area is 180 Å². The molecule has 0 aromatic carbocycles. The van der Waals surface area contributed by atoms with Crippen molar-refractivity contribution in [2.24, 2.45) is 0 Å². The van der Waals surface area contributed by atoms with Crippen molar-refractivity contribution in [2.75, 3.05) is 0 Å². The van der Waals surface area contributed by atoms with E-state index in [0.717, 1.165) is 4.57 Å². The maximum Gasteiger partial charge on any atom is 0.354 e. The number of carboxylic acid groups (broad SMARTS) is 1. The number of hydrogen-bond donors (Lipinski definition) is 2. The summed E-state index contributed by atoms with van der Waals surface area (Å²) in [6.07, 6.45) is 1.90. The second-order valence-corrected chi connectivity index (χ2v) is 6.93. The second-order valence-electron chi connectivity index (χ2n) is 6.55. The smallest absolute Gasteiger partial charge is 0.354 e. The minimum Gasteiger partial charge on any atom is -0.477 e. The fraction of sp³-hybridized carbons (Fsp3) is 0.158. The average Bonchev–Trinajstić information content (AvgIpc) is 2.66. The van der Waals surface area contributed by atoms with Crippen molar-refractivity contribution in [2.45, 2.75) is 19.5 Å². The van der Waals surface area contributed by atoms with Gasteiger partial charge in [0.05, 0.1) is 11.9 Å². The van der Waals surface area contributed by atoms with Gasteiger partial charge in [-0.3, -0.25) is 9.36 Å². The number of hydrogen-bond acceptors (Lipinski definition) is 6. The summed E-state index contributed by atoms with van der Waals surface area (Å²) in [7, 11) is 5.58. The van der Waals surface area contributed by atoms with E-state index in [0.29, 0.717) is 17.8 Å². The molecule has 12 heteroatoms. The van der Waals surface area contributed by atoms with Crippen LogP contribution in [0.25, 0.3) is 5.69 Å². The Morgan fingerprint density at radius 3 is 2.52 bits per heavy atom. The van der Waals surface area contributed by atoms with Gasteiger partial charge in [-0.25, -0.2) is 23.5 Å². The molecule has 2 radical (unpaired) electrons. The summed E-state index contributed by atoms with van der Waals surface area (Å²) in [5, 5.41) is 19.0. The van der Waals surface area contributed by atoms with Crippen LogP contribution in [0.2, 0.25) is 5.02 Å². The summed E-state index contributed by atoms with van der Waals surface area (Å²) >= 11 is 6.10. The zero-order valence-corrected chi connectivity index (χ0v) is 16.8. The van der Waals surface area contributed by atoms with Crippen LogP contribution in [0.15, 0.2) is 35.4 Å². The van der Waals surface area contributed by atoms with Crippen molar-refractivity contribution in [1.29, 1.82) is 0 Å². The van der Waals surface area contributed by atoms with Gasteiger partial charge in [-0.1, -0.05) is 11.6 Å². The molecule has 3 heterocycles. The van der Waals surface area contributed by atoms with Gasteiger partial charge in [0, 0.05) is 24.0 Å². The molecule has 0 saturated carbocycles. The lowest BCUT2D eigenvalue weighted by Gasteiger charge is -2.26. The predicted molar refractivity (Wildman–Crippen MR) is 106 cm³/mol. The number of aromatic nitrogens is 3. The van der Waals surface area contributed by atoms with Crippen LogP contribution in [-0.2, 0) is 5.69 Å². The van der Waals surface area contributed by atoms with Crippen LogP contribution in [0, 0.1) is 25.5 Å². The van der Waals surface area contributed by atoms with Crippen molar-refractivity contribution in [1.82, 2.24) is 14.5 Å². The van der Waals surface area contributed by atoms with Gasteiger partial charge in [0.2, 0.25) is 5.69 Å². The Kier molecular flexibility index (Phi) is 5.84. The summed E-state index contributed by atoms with van der Waals surface area (Å²) in [5.41, 5.74) is -3.93.